The van der Waals surface area contributed by atoms with E-state index in [2.05, 4.69) is 38.3 Å². The number of nitrogens with zero attached hydrogens (tertiary/aromatic N) is 1. The van der Waals surface area contributed by atoms with Crippen LogP contribution in [0.25, 0.3) is 0 Å². The van der Waals surface area contributed by atoms with Crippen molar-refractivity contribution in [1.82, 2.24) is 5.32 Å². The minimum atomic E-state index is -0.467. The number of rotatable bonds is 10. The summed E-state index contributed by atoms with van der Waals surface area (Å²) in [6.45, 7) is 8.24. The lowest BCUT2D eigenvalue weighted by molar-refractivity contribution is -0.115. The lowest BCUT2D eigenvalue weighted by atomic mass is 9.92. The van der Waals surface area contributed by atoms with Crippen LogP contribution in [0.2, 0.25) is 0 Å². The minimum absolute atomic E-state index is 0.190. The maximum absolute atomic E-state index is 14.1. The molecular weight excluding hydrogens is 510 g/mol. The fourth-order valence-electron chi connectivity index (χ4n) is 5.08. The number of carbonyl (C=O) groups is 2. The van der Waals surface area contributed by atoms with Gasteiger partial charge in [-0.2, -0.15) is 0 Å². The lowest BCUT2D eigenvalue weighted by Gasteiger charge is -2.33. The van der Waals surface area contributed by atoms with Crippen LogP contribution in [0.1, 0.15) is 67.8 Å². The molecule has 0 bridgehead atoms. The predicted molar refractivity (Wildman–Crippen MR) is 167 cm³/mol. The second kappa shape index (κ2) is 13.7. The maximum Gasteiger partial charge on any atom is 0.323 e. The Morgan fingerprint density at radius 1 is 0.707 bits per heavy atom. The van der Waals surface area contributed by atoms with E-state index in [1.54, 1.807) is 12.0 Å². The highest BCUT2D eigenvalue weighted by atomic mass is 16.5. The highest BCUT2D eigenvalue weighted by molar-refractivity contribution is 6.00. The number of hydrogen-bond donors (Lipinski definition) is 2. The first-order valence-corrected chi connectivity index (χ1v) is 14.0. The van der Waals surface area contributed by atoms with Crippen molar-refractivity contribution in [3.63, 3.8) is 0 Å². The third kappa shape index (κ3) is 6.95. The predicted octanol–water partition coefficient (Wildman–Crippen LogP) is 7.89. The van der Waals surface area contributed by atoms with Gasteiger partial charge in [0.1, 0.15) is 5.75 Å². The molecule has 4 rings (SSSR count). The van der Waals surface area contributed by atoms with E-state index in [9.17, 15) is 9.59 Å². The highest BCUT2D eigenvalue weighted by Gasteiger charge is 2.30. The monoisotopic (exact) mass is 549 g/mol. The summed E-state index contributed by atoms with van der Waals surface area (Å²) in [6, 6.07) is 32.3. The molecule has 0 saturated carbocycles. The Hall–Kier alpha value is -4.58. The molecule has 0 radical (unpaired) electrons. The molecule has 0 fully saturated rings. The first-order chi connectivity index (χ1) is 19.8. The van der Waals surface area contributed by atoms with Gasteiger partial charge in [0.25, 0.3) is 0 Å². The zero-order valence-electron chi connectivity index (χ0n) is 24.4. The number of anilines is 2. The van der Waals surface area contributed by atoms with E-state index in [0.29, 0.717) is 11.4 Å². The second-order valence-corrected chi connectivity index (χ2v) is 10.6. The fraction of sp³-hybridized carbons (Fsp3) is 0.257. The van der Waals surface area contributed by atoms with Gasteiger partial charge < -0.3 is 15.4 Å². The molecule has 0 aliphatic carbocycles. The van der Waals surface area contributed by atoms with Crippen molar-refractivity contribution in [3.8, 4) is 5.75 Å². The van der Waals surface area contributed by atoms with Gasteiger partial charge in [-0.1, -0.05) is 119 Å². The molecule has 4 aromatic rings. The Kier molecular flexibility index (Phi) is 9.80. The largest absolute Gasteiger partial charge is 0.495 e. The van der Waals surface area contributed by atoms with Gasteiger partial charge in [0.2, 0.25) is 5.91 Å². The molecule has 4 aromatic carbocycles. The molecule has 0 unspecified atom stereocenters. The van der Waals surface area contributed by atoms with Crippen molar-refractivity contribution < 1.29 is 14.3 Å². The van der Waals surface area contributed by atoms with E-state index in [1.165, 1.54) is 0 Å². The Bertz CT molecular complexity index is 1390. The summed E-state index contributed by atoms with van der Waals surface area (Å²) in [5.74, 6) is 0.731. The molecular formula is C35H39N3O3. The minimum Gasteiger partial charge on any atom is -0.495 e. The van der Waals surface area contributed by atoms with Crippen molar-refractivity contribution in [3.05, 3.63) is 125 Å². The molecule has 6 heteroatoms. The molecule has 2 N–H and O–H groups in total. The summed E-state index contributed by atoms with van der Waals surface area (Å²) >= 11 is 0. The van der Waals surface area contributed by atoms with Crippen molar-refractivity contribution in [2.45, 2.75) is 45.6 Å². The molecule has 0 atom stereocenters. The standard InChI is InChI=1S/C35H39N3O3/c1-24(2)28-19-14-20-29(25(3)4)33(28)37-32(39)23-36-35(40)38(30-21-12-13-22-31(30)41-5)34(26-15-8-6-9-16-26)27-17-10-7-11-18-27/h6-22,24-25,34H,23H2,1-5H3,(H,36,40)(H,37,39). The average Bonchev–Trinajstić information content (AvgIpc) is 2.99. The van der Waals surface area contributed by atoms with Gasteiger partial charge in [-0.3, -0.25) is 9.69 Å². The molecule has 6 nitrogen and oxygen atoms in total. The molecule has 0 aliphatic heterocycles. The van der Waals surface area contributed by atoms with Gasteiger partial charge in [-0.15, -0.1) is 0 Å². The van der Waals surface area contributed by atoms with Gasteiger partial charge in [-0.25, -0.2) is 4.79 Å². The van der Waals surface area contributed by atoms with E-state index in [1.807, 2.05) is 103 Å². The van der Waals surface area contributed by atoms with Gasteiger partial charge >= 0.3 is 6.03 Å². The number of para-hydroxylation sites is 3. The highest BCUT2D eigenvalue weighted by Crippen LogP contribution is 2.38. The average molecular weight is 550 g/mol. The van der Waals surface area contributed by atoms with Crippen LogP contribution in [-0.2, 0) is 4.79 Å². The van der Waals surface area contributed by atoms with Crippen LogP contribution in [-0.4, -0.2) is 25.6 Å². The first-order valence-electron chi connectivity index (χ1n) is 14.0. The number of benzene rings is 4. The number of methoxy groups -OCH3 is 1. The smallest absolute Gasteiger partial charge is 0.323 e. The normalized spacial score (nSPS) is 11.0. The number of nitrogens with one attached hydrogen (secondary N) is 2. The Labute approximate surface area is 243 Å². The van der Waals surface area contributed by atoms with Crippen LogP contribution in [0.5, 0.6) is 5.75 Å². The van der Waals surface area contributed by atoms with Crippen molar-refractivity contribution in [1.29, 1.82) is 0 Å². The SMILES string of the molecule is COc1ccccc1N(C(=O)NCC(=O)Nc1c(C(C)C)cccc1C(C)C)C(c1ccccc1)c1ccccc1. The van der Waals surface area contributed by atoms with E-state index < -0.39 is 12.1 Å². The van der Waals surface area contributed by atoms with Gasteiger partial charge in [0, 0.05) is 5.69 Å². The van der Waals surface area contributed by atoms with E-state index in [-0.39, 0.29) is 24.3 Å². The fourth-order valence-corrected chi connectivity index (χ4v) is 5.08. The van der Waals surface area contributed by atoms with Crippen LogP contribution < -0.4 is 20.3 Å². The molecule has 0 aromatic heterocycles. The summed E-state index contributed by atoms with van der Waals surface area (Å²) in [6.07, 6.45) is 0. The molecule has 212 valence electrons. The Morgan fingerprint density at radius 3 is 1.73 bits per heavy atom. The third-order valence-electron chi connectivity index (χ3n) is 7.09. The molecule has 0 saturated heterocycles. The number of urea groups is 1. The van der Waals surface area contributed by atoms with E-state index in [4.69, 9.17) is 4.74 Å². The molecule has 0 spiro atoms. The topological polar surface area (TPSA) is 70.7 Å². The van der Waals surface area contributed by atoms with E-state index in [0.717, 1.165) is 27.9 Å². The van der Waals surface area contributed by atoms with Crippen LogP contribution in [0.3, 0.4) is 0 Å². The quantitative estimate of drug-likeness (QED) is 0.211. The number of hydrogen-bond acceptors (Lipinski definition) is 3. The van der Waals surface area contributed by atoms with Crippen molar-refractivity contribution >= 4 is 23.3 Å². The van der Waals surface area contributed by atoms with Gasteiger partial charge in [0.15, 0.2) is 0 Å². The lowest BCUT2D eigenvalue weighted by Crippen LogP contribution is -2.45. The van der Waals surface area contributed by atoms with Crippen LogP contribution in [0, 0.1) is 0 Å². The maximum atomic E-state index is 14.1. The molecule has 41 heavy (non-hydrogen) atoms. The number of amides is 3. The summed E-state index contributed by atoms with van der Waals surface area (Å²) in [5, 5.41) is 5.98. The zero-order chi connectivity index (χ0) is 29.4. The number of carbonyl (C=O) groups excluding carboxylic acids is 2. The first kappa shape index (κ1) is 29.4. The summed E-state index contributed by atoms with van der Waals surface area (Å²) < 4.78 is 5.67. The summed E-state index contributed by atoms with van der Waals surface area (Å²) in [4.78, 5) is 29.0. The molecule has 3 amide bonds. The second-order valence-electron chi connectivity index (χ2n) is 10.6. The Balaban J connectivity index is 1.68. The van der Waals surface area contributed by atoms with Crippen LogP contribution in [0.15, 0.2) is 103 Å². The molecule has 0 aliphatic rings. The summed E-state index contributed by atoms with van der Waals surface area (Å²) in [7, 11) is 1.58. The molecule has 0 heterocycles. The third-order valence-corrected chi connectivity index (χ3v) is 7.09. The van der Waals surface area contributed by atoms with Crippen molar-refractivity contribution in [2.75, 3.05) is 23.9 Å². The van der Waals surface area contributed by atoms with E-state index >= 15 is 0 Å². The van der Waals surface area contributed by atoms with Crippen molar-refractivity contribution in [2.24, 2.45) is 0 Å². The van der Waals surface area contributed by atoms with Crippen LogP contribution in [0.4, 0.5) is 16.2 Å². The van der Waals surface area contributed by atoms with Gasteiger partial charge in [0.05, 0.1) is 25.4 Å². The Morgan fingerprint density at radius 2 is 1.22 bits per heavy atom. The van der Waals surface area contributed by atoms with Gasteiger partial charge in [-0.05, 0) is 46.2 Å². The zero-order valence-corrected chi connectivity index (χ0v) is 24.4. The summed E-state index contributed by atoms with van der Waals surface area (Å²) in [5.41, 5.74) is 5.41. The van der Waals surface area contributed by atoms with Crippen LogP contribution >= 0.6 is 0 Å². The number of ether oxygens (including phenoxy) is 1.